The summed E-state index contributed by atoms with van der Waals surface area (Å²) in [6.07, 6.45) is -4.92. The number of aromatic hydroxyl groups is 1. The third-order valence-corrected chi connectivity index (χ3v) is 2.03. The fourth-order valence-electron chi connectivity index (χ4n) is 1.16. The van der Waals surface area contributed by atoms with Gasteiger partial charge in [0.05, 0.1) is 5.56 Å². The molecule has 0 aliphatic rings. The summed E-state index contributed by atoms with van der Waals surface area (Å²) in [6.45, 7) is 0. The number of aromatic carboxylic acids is 1. The van der Waals surface area contributed by atoms with E-state index in [9.17, 15) is 22.4 Å². The van der Waals surface area contributed by atoms with Crippen LogP contribution in [-0.2, 0) is 0 Å². The zero-order valence-electron chi connectivity index (χ0n) is 8.12. The molecule has 17 heavy (non-hydrogen) atoms. The molecule has 1 aromatic rings. The Labute approximate surface area is 92.3 Å². The highest BCUT2D eigenvalue weighted by molar-refractivity contribution is 5.88. The maximum atomic E-state index is 13.0. The minimum atomic E-state index is -4.92. The largest absolute Gasteiger partial charge is 0.505 e. The standard InChI is InChI=1S/C9H7F4NO3/c10-5-2-3(8(16)17)1-4(6(5)15)7(14)9(11,12)13/h1-2,7,15H,14H2,(H,16,17)/t7-/m1/s1. The van der Waals surface area contributed by atoms with Gasteiger partial charge in [-0.15, -0.1) is 0 Å². The Morgan fingerprint density at radius 3 is 2.29 bits per heavy atom. The van der Waals surface area contributed by atoms with E-state index in [2.05, 4.69) is 0 Å². The Hall–Kier alpha value is -1.83. The van der Waals surface area contributed by atoms with E-state index in [1.807, 2.05) is 0 Å². The molecular weight excluding hydrogens is 246 g/mol. The first kappa shape index (κ1) is 13.2. The highest BCUT2D eigenvalue weighted by atomic mass is 19.4. The quantitative estimate of drug-likeness (QED) is 0.701. The monoisotopic (exact) mass is 253 g/mol. The Kier molecular flexibility index (Phi) is 3.28. The molecule has 0 saturated heterocycles. The van der Waals surface area contributed by atoms with Gasteiger partial charge in [-0.3, -0.25) is 0 Å². The van der Waals surface area contributed by atoms with Crippen molar-refractivity contribution in [2.45, 2.75) is 12.2 Å². The molecule has 4 N–H and O–H groups in total. The minimum Gasteiger partial charge on any atom is -0.505 e. The third kappa shape index (κ3) is 2.64. The van der Waals surface area contributed by atoms with Crippen LogP contribution in [0.4, 0.5) is 17.6 Å². The van der Waals surface area contributed by atoms with Crippen LogP contribution in [0.2, 0.25) is 0 Å². The first-order valence-electron chi connectivity index (χ1n) is 4.22. The molecule has 0 unspecified atom stereocenters. The fraction of sp³-hybridized carbons (Fsp3) is 0.222. The molecule has 0 aromatic heterocycles. The lowest BCUT2D eigenvalue weighted by Gasteiger charge is -2.17. The van der Waals surface area contributed by atoms with Crippen molar-refractivity contribution in [3.8, 4) is 5.75 Å². The number of hydrogen-bond donors (Lipinski definition) is 3. The van der Waals surface area contributed by atoms with Crippen molar-refractivity contribution in [2.24, 2.45) is 5.73 Å². The predicted octanol–water partition coefficient (Wildman–Crippen LogP) is 1.79. The summed E-state index contributed by atoms with van der Waals surface area (Å²) in [5, 5.41) is 17.6. The number of hydrogen-bond acceptors (Lipinski definition) is 3. The second-order valence-corrected chi connectivity index (χ2v) is 3.22. The Bertz CT molecular complexity index is 458. The van der Waals surface area contributed by atoms with Crippen molar-refractivity contribution < 1.29 is 32.6 Å². The normalized spacial score (nSPS) is 13.5. The van der Waals surface area contributed by atoms with Crippen molar-refractivity contribution in [1.29, 1.82) is 0 Å². The van der Waals surface area contributed by atoms with Gasteiger partial charge in [0.25, 0.3) is 0 Å². The zero-order valence-corrected chi connectivity index (χ0v) is 8.12. The van der Waals surface area contributed by atoms with Gasteiger partial charge in [-0.1, -0.05) is 0 Å². The Morgan fingerprint density at radius 2 is 1.88 bits per heavy atom. The second-order valence-electron chi connectivity index (χ2n) is 3.22. The number of halogens is 4. The number of carboxylic acids is 1. The van der Waals surface area contributed by atoms with Gasteiger partial charge in [0, 0.05) is 5.56 Å². The lowest BCUT2D eigenvalue weighted by molar-refractivity contribution is -0.149. The Morgan fingerprint density at radius 1 is 1.35 bits per heavy atom. The van der Waals surface area contributed by atoms with E-state index in [0.29, 0.717) is 12.1 Å². The summed E-state index contributed by atoms with van der Waals surface area (Å²) in [5.41, 5.74) is 3.02. The summed E-state index contributed by atoms with van der Waals surface area (Å²) in [7, 11) is 0. The molecule has 0 bridgehead atoms. The minimum absolute atomic E-state index is 0.407. The van der Waals surface area contributed by atoms with Crippen LogP contribution in [0, 0.1) is 5.82 Å². The van der Waals surface area contributed by atoms with Crippen LogP contribution in [0.15, 0.2) is 12.1 Å². The van der Waals surface area contributed by atoms with E-state index in [-0.39, 0.29) is 0 Å². The topological polar surface area (TPSA) is 83.6 Å². The summed E-state index contributed by atoms with van der Waals surface area (Å²) in [4.78, 5) is 10.5. The zero-order chi connectivity index (χ0) is 13.4. The summed E-state index contributed by atoms with van der Waals surface area (Å²) in [5.74, 6) is -4.40. The number of nitrogens with two attached hydrogens (primary N) is 1. The van der Waals surface area contributed by atoms with E-state index in [0.717, 1.165) is 0 Å². The number of rotatable bonds is 2. The molecule has 0 heterocycles. The van der Waals surface area contributed by atoms with Crippen molar-refractivity contribution in [3.05, 3.63) is 29.1 Å². The lowest BCUT2D eigenvalue weighted by atomic mass is 10.0. The average molecular weight is 253 g/mol. The molecular formula is C9H7F4NO3. The second kappa shape index (κ2) is 4.21. The molecule has 0 fully saturated rings. The third-order valence-electron chi connectivity index (χ3n) is 2.03. The first-order chi connectivity index (χ1) is 7.64. The van der Waals surface area contributed by atoms with Gasteiger partial charge >= 0.3 is 12.1 Å². The van der Waals surface area contributed by atoms with Crippen molar-refractivity contribution in [3.63, 3.8) is 0 Å². The van der Waals surface area contributed by atoms with Gasteiger partial charge in [-0.2, -0.15) is 13.2 Å². The maximum absolute atomic E-state index is 13.0. The highest BCUT2D eigenvalue weighted by Gasteiger charge is 2.40. The maximum Gasteiger partial charge on any atom is 0.407 e. The molecule has 94 valence electrons. The number of phenols is 1. The molecule has 1 aromatic carbocycles. The SMILES string of the molecule is N[C@H](c1cc(C(=O)O)cc(F)c1O)C(F)(F)F. The van der Waals surface area contributed by atoms with Crippen LogP contribution in [0.25, 0.3) is 0 Å². The van der Waals surface area contributed by atoms with Crippen LogP contribution in [0.3, 0.4) is 0 Å². The molecule has 4 nitrogen and oxygen atoms in total. The molecule has 8 heteroatoms. The predicted molar refractivity (Wildman–Crippen MR) is 48.0 cm³/mol. The van der Waals surface area contributed by atoms with Gasteiger partial charge in [0.15, 0.2) is 11.6 Å². The highest BCUT2D eigenvalue weighted by Crippen LogP contribution is 2.36. The Balaban J connectivity index is 3.37. The lowest BCUT2D eigenvalue weighted by Crippen LogP contribution is -2.29. The van der Waals surface area contributed by atoms with Crippen LogP contribution >= 0.6 is 0 Å². The van der Waals surface area contributed by atoms with Gasteiger partial charge < -0.3 is 15.9 Å². The molecule has 0 amide bonds. The van der Waals surface area contributed by atoms with Crippen molar-refractivity contribution in [2.75, 3.05) is 0 Å². The summed E-state index contributed by atoms with van der Waals surface area (Å²) >= 11 is 0. The number of carboxylic acid groups (broad SMARTS) is 1. The van der Waals surface area contributed by atoms with E-state index in [4.69, 9.17) is 15.9 Å². The van der Waals surface area contributed by atoms with Crippen molar-refractivity contribution in [1.82, 2.24) is 0 Å². The van der Waals surface area contributed by atoms with Crippen molar-refractivity contribution >= 4 is 5.97 Å². The van der Waals surface area contributed by atoms with E-state index < -0.39 is 40.9 Å². The van der Waals surface area contributed by atoms with Gasteiger partial charge in [-0.25, -0.2) is 9.18 Å². The number of alkyl halides is 3. The van der Waals surface area contributed by atoms with Gasteiger partial charge in [0.2, 0.25) is 0 Å². The van der Waals surface area contributed by atoms with E-state index >= 15 is 0 Å². The van der Waals surface area contributed by atoms with Crippen LogP contribution < -0.4 is 5.73 Å². The van der Waals surface area contributed by atoms with Crippen LogP contribution in [0.1, 0.15) is 22.0 Å². The number of benzene rings is 1. The van der Waals surface area contributed by atoms with Crippen LogP contribution in [-0.4, -0.2) is 22.4 Å². The molecule has 0 aliphatic carbocycles. The van der Waals surface area contributed by atoms with E-state index in [1.54, 1.807) is 0 Å². The molecule has 0 saturated carbocycles. The summed E-state index contributed by atoms with van der Waals surface area (Å²) < 4.78 is 49.8. The van der Waals surface area contributed by atoms with Gasteiger partial charge in [0.1, 0.15) is 6.04 Å². The van der Waals surface area contributed by atoms with Crippen LogP contribution in [0.5, 0.6) is 5.75 Å². The number of carbonyl (C=O) groups is 1. The fourth-order valence-corrected chi connectivity index (χ4v) is 1.16. The molecule has 1 rings (SSSR count). The average Bonchev–Trinajstić information content (AvgIpc) is 2.19. The molecule has 0 radical (unpaired) electrons. The smallest absolute Gasteiger partial charge is 0.407 e. The molecule has 1 atom stereocenters. The molecule has 0 spiro atoms. The summed E-state index contributed by atoms with van der Waals surface area (Å²) in [6, 6.07) is -1.76. The number of phenolic OH excluding ortho intramolecular Hbond substituents is 1. The van der Waals surface area contributed by atoms with E-state index in [1.165, 1.54) is 0 Å². The first-order valence-corrected chi connectivity index (χ1v) is 4.22. The van der Waals surface area contributed by atoms with Gasteiger partial charge in [-0.05, 0) is 12.1 Å². The molecule has 0 aliphatic heterocycles.